The first kappa shape index (κ1) is 22.1. The van der Waals surface area contributed by atoms with Crippen LogP contribution in [-0.2, 0) is 16.1 Å². The summed E-state index contributed by atoms with van der Waals surface area (Å²) in [5.74, 6) is -0.0273. The molecule has 8 heteroatoms. The number of ether oxygens (including phenoxy) is 1. The van der Waals surface area contributed by atoms with Crippen molar-refractivity contribution in [3.05, 3.63) is 64.4 Å². The van der Waals surface area contributed by atoms with E-state index in [2.05, 4.69) is 5.32 Å². The van der Waals surface area contributed by atoms with Gasteiger partial charge < -0.3 is 14.5 Å². The number of fused-ring (bicyclic) bond motifs is 3. The largest absolute Gasteiger partial charge is 0.448 e. The summed E-state index contributed by atoms with van der Waals surface area (Å²) in [4.78, 5) is 30.5. The van der Waals surface area contributed by atoms with Crippen molar-refractivity contribution in [2.75, 3.05) is 24.3 Å². The molecule has 32 heavy (non-hydrogen) atoms. The fourth-order valence-corrected chi connectivity index (χ4v) is 4.30. The molecule has 1 N–H and O–H groups in total. The first-order valence-corrected chi connectivity index (χ1v) is 11.5. The number of hydrogen-bond donors (Lipinski definition) is 1. The smallest absolute Gasteiger partial charge is 0.297 e. The first-order chi connectivity index (χ1) is 15.6. The lowest BCUT2D eigenvalue weighted by Gasteiger charge is -2.12. The van der Waals surface area contributed by atoms with Crippen LogP contribution in [0.2, 0.25) is 0 Å². The van der Waals surface area contributed by atoms with Gasteiger partial charge in [-0.15, -0.1) is 0 Å². The van der Waals surface area contributed by atoms with E-state index in [0.29, 0.717) is 42.4 Å². The molecule has 0 radical (unpaired) electrons. The Morgan fingerprint density at radius 1 is 1.22 bits per heavy atom. The lowest BCUT2D eigenvalue weighted by Crippen LogP contribution is -2.24. The molecule has 4 aromatic rings. The van der Waals surface area contributed by atoms with Gasteiger partial charge in [-0.05, 0) is 50.1 Å². The van der Waals surface area contributed by atoms with Crippen molar-refractivity contribution in [1.82, 2.24) is 9.55 Å². The number of thioether (sulfide) groups is 1. The van der Waals surface area contributed by atoms with E-state index in [-0.39, 0.29) is 22.8 Å². The summed E-state index contributed by atoms with van der Waals surface area (Å²) >= 11 is 1.24. The van der Waals surface area contributed by atoms with Crippen LogP contribution >= 0.6 is 11.8 Å². The summed E-state index contributed by atoms with van der Waals surface area (Å²) < 4.78 is 12.8. The average Bonchev–Trinajstić information content (AvgIpc) is 3.16. The van der Waals surface area contributed by atoms with Crippen molar-refractivity contribution in [3.63, 3.8) is 0 Å². The number of aromatic nitrogens is 2. The highest BCUT2D eigenvalue weighted by molar-refractivity contribution is 7.99. The molecule has 0 atom stereocenters. The van der Waals surface area contributed by atoms with E-state index in [0.717, 1.165) is 16.6 Å². The minimum atomic E-state index is -0.246. The van der Waals surface area contributed by atoms with Crippen LogP contribution in [0.1, 0.15) is 18.9 Å². The Hall–Kier alpha value is -3.10. The maximum Gasteiger partial charge on any atom is 0.297 e. The number of hydrogen-bond acceptors (Lipinski definition) is 6. The number of rotatable bonds is 9. The highest BCUT2D eigenvalue weighted by Gasteiger charge is 2.18. The van der Waals surface area contributed by atoms with Gasteiger partial charge in [0, 0.05) is 30.8 Å². The third kappa shape index (κ3) is 4.87. The first-order valence-electron chi connectivity index (χ1n) is 10.6. The summed E-state index contributed by atoms with van der Waals surface area (Å²) in [6, 6.07) is 15.1. The van der Waals surface area contributed by atoms with E-state index >= 15 is 0 Å². The molecule has 7 nitrogen and oxygen atoms in total. The number of carbonyl (C=O) groups is 1. The molecular formula is C24H25N3O4S. The van der Waals surface area contributed by atoms with Crippen molar-refractivity contribution in [1.29, 1.82) is 0 Å². The van der Waals surface area contributed by atoms with Gasteiger partial charge in [0.2, 0.25) is 11.5 Å². The molecule has 2 aromatic carbocycles. The predicted octanol–water partition coefficient (Wildman–Crippen LogP) is 4.61. The van der Waals surface area contributed by atoms with Crippen molar-refractivity contribution >= 4 is 45.4 Å². The van der Waals surface area contributed by atoms with E-state index in [1.807, 2.05) is 62.4 Å². The normalized spacial score (nSPS) is 11.3. The number of amides is 1. The van der Waals surface area contributed by atoms with Crippen LogP contribution in [0.5, 0.6) is 0 Å². The third-order valence-corrected chi connectivity index (χ3v) is 5.93. The number of aryl methyl sites for hydroxylation is 1. The second-order valence-electron chi connectivity index (χ2n) is 7.38. The van der Waals surface area contributed by atoms with Crippen molar-refractivity contribution < 1.29 is 13.9 Å². The van der Waals surface area contributed by atoms with Crippen LogP contribution in [0, 0.1) is 6.92 Å². The minimum Gasteiger partial charge on any atom is -0.448 e. The van der Waals surface area contributed by atoms with Crippen molar-refractivity contribution in [2.24, 2.45) is 0 Å². The van der Waals surface area contributed by atoms with Crippen molar-refractivity contribution in [2.45, 2.75) is 32.0 Å². The molecule has 0 spiro atoms. The molecule has 0 saturated heterocycles. The molecule has 1 amide bonds. The van der Waals surface area contributed by atoms with Gasteiger partial charge in [-0.3, -0.25) is 14.2 Å². The predicted molar refractivity (Wildman–Crippen MR) is 127 cm³/mol. The summed E-state index contributed by atoms with van der Waals surface area (Å²) in [7, 11) is 0. The molecule has 0 fully saturated rings. The molecule has 0 aliphatic carbocycles. The summed E-state index contributed by atoms with van der Waals surface area (Å²) in [6.07, 6.45) is 0.657. The zero-order valence-electron chi connectivity index (χ0n) is 18.1. The van der Waals surface area contributed by atoms with Gasteiger partial charge in [0.15, 0.2) is 5.16 Å². The van der Waals surface area contributed by atoms with E-state index in [1.165, 1.54) is 11.8 Å². The fraction of sp³-hybridized carbons (Fsp3) is 0.292. The molecule has 166 valence electrons. The van der Waals surface area contributed by atoms with Gasteiger partial charge in [-0.25, -0.2) is 4.98 Å². The van der Waals surface area contributed by atoms with Crippen LogP contribution in [0.3, 0.4) is 0 Å². The zero-order valence-corrected chi connectivity index (χ0v) is 18.9. The Balaban J connectivity index is 1.62. The molecular weight excluding hydrogens is 426 g/mol. The number of nitrogens with one attached hydrogen (secondary N) is 1. The van der Waals surface area contributed by atoms with E-state index in [1.54, 1.807) is 4.57 Å². The summed E-state index contributed by atoms with van der Waals surface area (Å²) in [5, 5.41) is 4.17. The number of furan rings is 1. The number of anilines is 1. The zero-order chi connectivity index (χ0) is 22.5. The van der Waals surface area contributed by atoms with Crippen LogP contribution < -0.4 is 10.9 Å². The topological polar surface area (TPSA) is 86.4 Å². The average molecular weight is 452 g/mol. The minimum absolute atomic E-state index is 0.132. The lowest BCUT2D eigenvalue weighted by molar-refractivity contribution is -0.113. The van der Waals surface area contributed by atoms with Gasteiger partial charge in [0.1, 0.15) is 11.1 Å². The van der Waals surface area contributed by atoms with E-state index < -0.39 is 0 Å². The molecule has 0 bridgehead atoms. The Kier molecular flexibility index (Phi) is 6.92. The number of carbonyl (C=O) groups excluding carboxylic acids is 1. The molecule has 0 aliphatic rings. The molecule has 2 heterocycles. The highest BCUT2D eigenvalue weighted by Crippen LogP contribution is 2.27. The third-order valence-electron chi connectivity index (χ3n) is 4.96. The Labute approximate surface area is 189 Å². The number of para-hydroxylation sites is 1. The number of benzene rings is 2. The summed E-state index contributed by atoms with van der Waals surface area (Å²) in [6.45, 7) is 5.50. The summed E-state index contributed by atoms with van der Waals surface area (Å²) in [5.41, 5.74) is 2.94. The van der Waals surface area contributed by atoms with Crippen LogP contribution in [0.25, 0.3) is 22.1 Å². The van der Waals surface area contributed by atoms with Crippen LogP contribution in [0.4, 0.5) is 5.69 Å². The lowest BCUT2D eigenvalue weighted by atomic mass is 10.2. The van der Waals surface area contributed by atoms with Gasteiger partial charge in [0.05, 0.1) is 5.75 Å². The van der Waals surface area contributed by atoms with E-state index in [4.69, 9.17) is 14.1 Å². The molecule has 4 rings (SSSR count). The second kappa shape index (κ2) is 10.0. The standard InChI is InChI=1S/C24H25N3O4S/c1-3-30-13-7-12-27-23(29)22-21(18-10-4-5-11-19(18)31-22)26-24(27)32-15-20(28)25-17-9-6-8-16(2)14-17/h4-6,8-11,14H,3,7,12-13,15H2,1-2H3,(H,25,28). The van der Waals surface area contributed by atoms with Gasteiger partial charge in [0.25, 0.3) is 5.56 Å². The van der Waals surface area contributed by atoms with Crippen LogP contribution in [0.15, 0.2) is 62.9 Å². The fourth-order valence-electron chi connectivity index (χ4n) is 3.48. The highest BCUT2D eigenvalue weighted by atomic mass is 32.2. The molecule has 0 saturated carbocycles. The Morgan fingerprint density at radius 2 is 2.06 bits per heavy atom. The number of nitrogens with zero attached hydrogens (tertiary/aromatic N) is 2. The van der Waals surface area contributed by atoms with Gasteiger partial charge in [-0.2, -0.15) is 0 Å². The molecule has 0 aliphatic heterocycles. The monoisotopic (exact) mass is 451 g/mol. The van der Waals surface area contributed by atoms with Crippen molar-refractivity contribution in [3.8, 4) is 0 Å². The van der Waals surface area contributed by atoms with E-state index in [9.17, 15) is 9.59 Å². The Bertz CT molecular complexity index is 1310. The van der Waals surface area contributed by atoms with Gasteiger partial charge >= 0.3 is 0 Å². The maximum absolute atomic E-state index is 13.2. The second-order valence-corrected chi connectivity index (χ2v) is 8.33. The van der Waals surface area contributed by atoms with Crippen LogP contribution in [-0.4, -0.2) is 34.4 Å². The Morgan fingerprint density at radius 3 is 2.88 bits per heavy atom. The molecule has 0 unspecified atom stereocenters. The SMILES string of the molecule is CCOCCCn1c(SCC(=O)Nc2cccc(C)c2)nc2c(oc3ccccc32)c1=O. The van der Waals surface area contributed by atoms with Gasteiger partial charge in [-0.1, -0.05) is 36.0 Å². The molecule has 2 aromatic heterocycles. The quantitative estimate of drug-likeness (QED) is 0.227. The maximum atomic E-state index is 13.2.